The first-order valence-corrected chi connectivity index (χ1v) is 11.4. The lowest BCUT2D eigenvalue weighted by atomic mass is 10.0. The number of aromatic amines is 1. The molecule has 0 saturated heterocycles. The van der Waals surface area contributed by atoms with Gasteiger partial charge < -0.3 is 4.98 Å². The number of nitrogens with zero attached hydrogens (tertiary/aromatic N) is 1. The van der Waals surface area contributed by atoms with E-state index in [1.807, 2.05) is 12.1 Å². The van der Waals surface area contributed by atoms with Crippen molar-refractivity contribution in [2.24, 2.45) is 0 Å². The van der Waals surface area contributed by atoms with Gasteiger partial charge in [-0.1, -0.05) is 85.1 Å². The van der Waals surface area contributed by atoms with E-state index < -0.39 is 0 Å². The topological polar surface area (TPSA) is 28.7 Å². The Kier molecular flexibility index (Phi) is 5.43. The maximum absolute atomic E-state index is 6.53. The second-order valence-electron chi connectivity index (χ2n) is 7.83. The third-order valence-electron chi connectivity index (χ3n) is 5.77. The van der Waals surface area contributed by atoms with Crippen LogP contribution < -0.4 is 0 Å². The lowest BCUT2D eigenvalue weighted by molar-refractivity contribution is 0.781. The standard InChI is InChI=1S/C27H22Cl2N2/c1-2-3-12-25-27(22-14-13-17(28)15-24(22)29)31-26(30-25)16-23-20-10-6-4-8-18(20)19-9-5-7-11-21(19)23/h4-11,13-16H,2-3,12H2,1H3,(H,30,31). The lowest BCUT2D eigenvalue weighted by Gasteiger charge is -2.05. The van der Waals surface area contributed by atoms with Gasteiger partial charge in [0.05, 0.1) is 10.7 Å². The molecule has 1 N–H and O–H groups in total. The minimum Gasteiger partial charge on any atom is -0.342 e. The fourth-order valence-corrected chi connectivity index (χ4v) is 4.78. The molecule has 0 spiro atoms. The summed E-state index contributed by atoms with van der Waals surface area (Å²) in [5.41, 5.74) is 9.12. The number of imidazole rings is 1. The number of hydrogen-bond acceptors (Lipinski definition) is 1. The molecule has 1 aliphatic rings. The zero-order valence-corrected chi connectivity index (χ0v) is 18.8. The van der Waals surface area contributed by atoms with Gasteiger partial charge in [0.2, 0.25) is 0 Å². The van der Waals surface area contributed by atoms with Crippen molar-refractivity contribution in [2.45, 2.75) is 26.2 Å². The predicted molar refractivity (Wildman–Crippen MR) is 132 cm³/mol. The Hall–Kier alpha value is -2.81. The zero-order valence-electron chi connectivity index (χ0n) is 17.3. The van der Waals surface area contributed by atoms with E-state index in [9.17, 15) is 0 Å². The van der Waals surface area contributed by atoms with Crippen LogP contribution in [-0.4, -0.2) is 9.97 Å². The third kappa shape index (κ3) is 3.71. The number of aryl methyl sites for hydroxylation is 1. The predicted octanol–water partition coefficient (Wildman–Crippen LogP) is 8.30. The number of unbranched alkanes of at least 4 members (excludes halogenated alkanes) is 1. The summed E-state index contributed by atoms with van der Waals surface area (Å²) in [5.74, 6) is 0.841. The molecule has 0 unspecified atom stereocenters. The van der Waals surface area contributed by atoms with Gasteiger partial charge in [0.25, 0.3) is 0 Å². The summed E-state index contributed by atoms with van der Waals surface area (Å²) >= 11 is 12.6. The largest absolute Gasteiger partial charge is 0.342 e. The van der Waals surface area contributed by atoms with Gasteiger partial charge in [-0.15, -0.1) is 0 Å². The first-order valence-electron chi connectivity index (χ1n) is 10.6. The van der Waals surface area contributed by atoms with Crippen molar-refractivity contribution >= 4 is 34.9 Å². The summed E-state index contributed by atoms with van der Waals surface area (Å²) in [6.45, 7) is 2.20. The molecule has 0 atom stereocenters. The van der Waals surface area contributed by atoms with Crippen LogP contribution in [0, 0.1) is 0 Å². The highest BCUT2D eigenvalue weighted by Gasteiger charge is 2.23. The smallest absolute Gasteiger partial charge is 0.131 e. The normalized spacial score (nSPS) is 12.0. The lowest BCUT2D eigenvalue weighted by Crippen LogP contribution is -1.90. The molecule has 4 heteroatoms. The van der Waals surface area contributed by atoms with Gasteiger partial charge in [-0.25, -0.2) is 4.98 Å². The van der Waals surface area contributed by atoms with Crippen molar-refractivity contribution in [2.75, 3.05) is 0 Å². The van der Waals surface area contributed by atoms with Crippen LogP contribution in [0.25, 0.3) is 34.0 Å². The van der Waals surface area contributed by atoms with Crippen molar-refractivity contribution in [3.8, 4) is 22.4 Å². The molecule has 1 aliphatic carbocycles. The number of rotatable bonds is 5. The highest BCUT2D eigenvalue weighted by atomic mass is 35.5. The Morgan fingerprint density at radius 1 is 0.839 bits per heavy atom. The van der Waals surface area contributed by atoms with Crippen LogP contribution in [-0.2, 0) is 6.42 Å². The van der Waals surface area contributed by atoms with E-state index in [4.69, 9.17) is 28.2 Å². The van der Waals surface area contributed by atoms with Crippen molar-refractivity contribution in [3.05, 3.63) is 99.4 Å². The molecule has 1 heterocycles. The number of halogens is 2. The Morgan fingerprint density at radius 2 is 1.48 bits per heavy atom. The van der Waals surface area contributed by atoms with E-state index in [2.05, 4.69) is 66.5 Å². The molecule has 1 aromatic heterocycles. The van der Waals surface area contributed by atoms with Crippen molar-refractivity contribution < 1.29 is 0 Å². The molecule has 4 aromatic rings. The molecule has 0 aliphatic heterocycles. The Balaban J connectivity index is 1.65. The van der Waals surface area contributed by atoms with E-state index in [-0.39, 0.29) is 0 Å². The highest BCUT2D eigenvalue weighted by molar-refractivity contribution is 6.36. The SMILES string of the molecule is CCCCc1[nH]c(C=C2c3ccccc3-c3ccccc32)nc1-c1ccc(Cl)cc1Cl. The molecule has 0 saturated carbocycles. The van der Waals surface area contributed by atoms with Gasteiger partial charge in [0, 0.05) is 16.3 Å². The molecule has 0 amide bonds. The number of nitrogens with one attached hydrogen (secondary N) is 1. The van der Waals surface area contributed by atoms with Crippen LogP contribution in [0.3, 0.4) is 0 Å². The molecule has 154 valence electrons. The molecule has 3 aromatic carbocycles. The average molecular weight is 445 g/mol. The van der Waals surface area contributed by atoms with E-state index >= 15 is 0 Å². The number of H-pyrrole nitrogens is 1. The number of fused-ring (bicyclic) bond motifs is 3. The monoisotopic (exact) mass is 444 g/mol. The van der Waals surface area contributed by atoms with E-state index in [0.29, 0.717) is 10.0 Å². The summed E-state index contributed by atoms with van der Waals surface area (Å²) in [4.78, 5) is 8.54. The Bertz CT molecular complexity index is 1250. The van der Waals surface area contributed by atoms with Gasteiger partial charge >= 0.3 is 0 Å². The summed E-state index contributed by atoms with van der Waals surface area (Å²) in [6, 6.07) is 22.7. The first-order chi connectivity index (χ1) is 15.2. The average Bonchev–Trinajstić information content (AvgIpc) is 3.32. The maximum Gasteiger partial charge on any atom is 0.131 e. The van der Waals surface area contributed by atoms with Gasteiger partial charge in [-0.2, -0.15) is 0 Å². The Labute approximate surface area is 192 Å². The molecule has 5 rings (SSSR count). The summed E-state index contributed by atoms with van der Waals surface area (Å²) in [6.07, 6.45) is 5.29. The minimum atomic E-state index is 0.618. The summed E-state index contributed by atoms with van der Waals surface area (Å²) in [7, 11) is 0. The number of hydrogen-bond donors (Lipinski definition) is 1. The van der Waals surface area contributed by atoms with Crippen LogP contribution in [0.2, 0.25) is 10.0 Å². The molecular formula is C27H22Cl2N2. The molecule has 2 nitrogen and oxygen atoms in total. The first kappa shape index (κ1) is 20.1. The van der Waals surface area contributed by atoms with Crippen LogP contribution in [0.1, 0.15) is 42.4 Å². The van der Waals surface area contributed by atoms with Crippen LogP contribution in [0.4, 0.5) is 0 Å². The number of benzene rings is 3. The second kappa shape index (κ2) is 8.37. The minimum absolute atomic E-state index is 0.618. The van der Waals surface area contributed by atoms with Crippen molar-refractivity contribution in [1.82, 2.24) is 9.97 Å². The molecular weight excluding hydrogens is 423 g/mol. The molecule has 31 heavy (non-hydrogen) atoms. The quantitative estimate of drug-likeness (QED) is 0.290. The third-order valence-corrected chi connectivity index (χ3v) is 6.32. The van der Waals surface area contributed by atoms with Gasteiger partial charge in [-0.05, 0) is 64.9 Å². The van der Waals surface area contributed by atoms with Gasteiger partial charge in [0.15, 0.2) is 0 Å². The molecule has 0 radical (unpaired) electrons. The van der Waals surface area contributed by atoms with Gasteiger partial charge in [-0.3, -0.25) is 0 Å². The zero-order chi connectivity index (χ0) is 21.4. The summed E-state index contributed by atoms with van der Waals surface area (Å²) in [5, 5.41) is 1.24. The van der Waals surface area contributed by atoms with Crippen LogP contribution in [0.5, 0.6) is 0 Å². The fraction of sp³-hybridized carbons (Fsp3) is 0.148. The molecule has 0 bridgehead atoms. The maximum atomic E-state index is 6.53. The van der Waals surface area contributed by atoms with Crippen LogP contribution >= 0.6 is 23.2 Å². The van der Waals surface area contributed by atoms with E-state index in [1.54, 1.807) is 6.07 Å². The van der Waals surface area contributed by atoms with E-state index in [1.165, 1.54) is 27.8 Å². The van der Waals surface area contributed by atoms with E-state index in [0.717, 1.165) is 42.0 Å². The van der Waals surface area contributed by atoms with Crippen LogP contribution in [0.15, 0.2) is 66.7 Å². The highest BCUT2D eigenvalue weighted by Crippen LogP contribution is 2.44. The van der Waals surface area contributed by atoms with Crippen molar-refractivity contribution in [3.63, 3.8) is 0 Å². The summed E-state index contributed by atoms with van der Waals surface area (Å²) < 4.78 is 0. The fourth-order valence-electron chi connectivity index (χ4n) is 4.28. The Morgan fingerprint density at radius 3 is 2.10 bits per heavy atom. The van der Waals surface area contributed by atoms with Gasteiger partial charge in [0.1, 0.15) is 5.82 Å². The number of aromatic nitrogens is 2. The van der Waals surface area contributed by atoms with Crippen molar-refractivity contribution in [1.29, 1.82) is 0 Å². The molecule has 0 fully saturated rings. The second-order valence-corrected chi connectivity index (χ2v) is 8.67.